The second kappa shape index (κ2) is 5.82. The van der Waals surface area contributed by atoms with Crippen LogP contribution in [-0.2, 0) is 6.54 Å². The lowest BCUT2D eigenvalue weighted by Crippen LogP contribution is -2.35. The highest BCUT2D eigenvalue weighted by Crippen LogP contribution is 2.30. The molecule has 94 valence electrons. The smallest absolute Gasteiger partial charge is 0.315 e. The van der Waals surface area contributed by atoms with Crippen LogP contribution in [0.5, 0.6) is 11.5 Å². The van der Waals surface area contributed by atoms with Crippen LogP contribution in [0.2, 0.25) is 0 Å². The van der Waals surface area contributed by atoms with Crippen LogP contribution in [0.3, 0.4) is 0 Å². The number of carbonyl (C=O) groups excluding carboxylic acids is 1. The van der Waals surface area contributed by atoms with Crippen molar-refractivity contribution in [2.24, 2.45) is 0 Å². The van der Waals surface area contributed by atoms with Crippen molar-refractivity contribution in [1.82, 2.24) is 10.6 Å². The van der Waals surface area contributed by atoms with Gasteiger partial charge in [-0.3, -0.25) is 0 Å². The fourth-order valence-electron chi connectivity index (χ4n) is 1.57. The number of nitrogens with one attached hydrogen (secondary N) is 2. The molecule has 0 saturated carbocycles. The van der Waals surface area contributed by atoms with E-state index < -0.39 is 0 Å². The second-order valence-corrected chi connectivity index (χ2v) is 3.72. The molecule has 1 aromatic rings. The Morgan fingerprint density at radius 1 is 1.28 bits per heavy atom. The first kappa shape index (κ1) is 12.1. The minimum absolute atomic E-state index is 0.215. The molecule has 2 amide bonds. The summed E-state index contributed by atoms with van der Waals surface area (Å²) < 4.78 is 10.9. The van der Waals surface area contributed by atoms with Gasteiger partial charge < -0.3 is 20.1 Å². The van der Waals surface area contributed by atoms with Gasteiger partial charge in [-0.25, -0.2) is 4.79 Å². The van der Waals surface area contributed by atoms with E-state index in [1.807, 2.05) is 18.2 Å². The van der Waals surface area contributed by atoms with Gasteiger partial charge in [0.15, 0.2) is 11.5 Å². The van der Waals surface area contributed by atoms with E-state index in [0.29, 0.717) is 25.5 Å². The number of rotatable bonds is 3. The Hall–Kier alpha value is -2.35. The summed E-state index contributed by atoms with van der Waals surface area (Å²) in [6.45, 7) is 1.74. The predicted molar refractivity (Wildman–Crippen MR) is 66.5 cm³/mol. The van der Waals surface area contributed by atoms with E-state index in [4.69, 9.17) is 15.9 Å². The number of benzene rings is 1. The largest absolute Gasteiger partial charge is 0.486 e. The molecule has 0 aromatic heterocycles. The Kier molecular flexibility index (Phi) is 3.92. The topological polar surface area (TPSA) is 59.6 Å². The first-order valence-corrected chi connectivity index (χ1v) is 5.63. The Bertz CT molecular complexity index is 480. The van der Waals surface area contributed by atoms with E-state index in [9.17, 15) is 4.79 Å². The molecular weight excluding hydrogens is 232 g/mol. The van der Waals surface area contributed by atoms with Crippen molar-refractivity contribution < 1.29 is 14.3 Å². The highest BCUT2D eigenvalue weighted by atomic mass is 16.6. The molecule has 1 aliphatic rings. The van der Waals surface area contributed by atoms with Crippen molar-refractivity contribution >= 4 is 6.03 Å². The first-order valence-electron chi connectivity index (χ1n) is 5.63. The molecule has 0 bridgehead atoms. The summed E-state index contributed by atoms with van der Waals surface area (Å²) in [5.74, 6) is 3.78. The molecule has 0 spiro atoms. The zero-order chi connectivity index (χ0) is 12.8. The third-order valence-corrected chi connectivity index (χ3v) is 2.41. The fourth-order valence-corrected chi connectivity index (χ4v) is 1.57. The minimum atomic E-state index is -0.289. The maximum atomic E-state index is 11.3. The average Bonchev–Trinajstić information content (AvgIpc) is 2.42. The van der Waals surface area contributed by atoms with Crippen molar-refractivity contribution in [3.05, 3.63) is 23.8 Å². The fraction of sp³-hybridized carbons (Fsp3) is 0.308. The molecular formula is C13H14N2O3. The number of hydrogen-bond acceptors (Lipinski definition) is 3. The Labute approximate surface area is 105 Å². The monoisotopic (exact) mass is 246 g/mol. The van der Waals surface area contributed by atoms with Gasteiger partial charge in [-0.2, -0.15) is 0 Å². The van der Waals surface area contributed by atoms with Crippen LogP contribution in [0.15, 0.2) is 18.2 Å². The Morgan fingerprint density at radius 3 is 2.83 bits per heavy atom. The van der Waals surface area contributed by atoms with Crippen LogP contribution in [-0.4, -0.2) is 25.8 Å². The normalized spacial score (nSPS) is 12.4. The average molecular weight is 246 g/mol. The molecule has 0 unspecified atom stereocenters. The zero-order valence-corrected chi connectivity index (χ0v) is 9.86. The van der Waals surface area contributed by atoms with E-state index in [1.165, 1.54) is 0 Å². The molecule has 0 fully saturated rings. The highest BCUT2D eigenvalue weighted by molar-refractivity contribution is 5.74. The molecule has 18 heavy (non-hydrogen) atoms. The lowest BCUT2D eigenvalue weighted by atomic mass is 10.2. The SMILES string of the molecule is C#CCNC(=O)NCc1ccc2c(c1)OCCO2. The molecule has 0 atom stereocenters. The van der Waals surface area contributed by atoms with Gasteiger partial charge in [0, 0.05) is 6.54 Å². The Morgan fingerprint density at radius 2 is 2.06 bits per heavy atom. The number of fused-ring (bicyclic) bond motifs is 1. The molecule has 1 heterocycles. The Balaban J connectivity index is 1.90. The summed E-state index contributed by atoms with van der Waals surface area (Å²) in [5.41, 5.74) is 0.940. The van der Waals surface area contributed by atoms with Gasteiger partial charge in [-0.05, 0) is 17.7 Å². The number of carbonyl (C=O) groups is 1. The van der Waals surface area contributed by atoms with Crippen LogP contribution >= 0.6 is 0 Å². The van der Waals surface area contributed by atoms with E-state index in [-0.39, 0.29) is 12.6 Å². The molecule has 2 rings (SSSR count). The molecule has 5 nitrogen and oxygen atoms in total. The predicted octanol–water partition coefficient (Wildman–Crippen LogP) is 0.890. The number of hydrogen-bond donors (Lipinski definition) is 2. The standard InChI is InChI=1S/C13H14N2O3/c1-2-5-14-13(16)15-9-10-3-4-11-12(8-10)18-7-6-17-11/h1,3-4,8H,5-7,9H2,(H2,14,15,16). The molecule has 0 saturated heterocycles. The van der Waals surface area contributed by atoms with Gasteiger partial charge >= 0.3 is 6.03 Å². The lowest BCUT2D eigenvalue weighted by Gasteiger charge is -2.18. The number of urea groups is 1. The van der Waals surface area contributed by atoms with E-state index in [2.05, 4.69) is 16.6 Å². The lowest BCUT2D eigenvalue weighted by molar-refractivity contribution is 0.171. The van der Waals surface area contributed by atoms with Gasteiger partial charge in [-0.1, -0.05) is 12.0 Å². The summed E-state index contributed by atoms with van der Waals surface area (Å²) in [5, 5.41) is 5.22. The second-order valence-electron chi connectivity index (χ2n) is 3.72. The molecule has 1 aromatic carbocycles. The van der Waals surface area contributed by atoms with Gasteiger partial charge in [0.05, 0.1) is 6.54 Å². The van der Waals surface area contributed by atoms with Gasteiger partial charge in [-0.15, -0.1) is 6.42 Å². The van der Waals surface area contributed by atoms with Crippen LogP contribution in [0.1, 0.15) is 5.56 Å². The summed E-state index contributed by atoms with van der Waals surface area (Å²) in [6.07, 6.45) is 5.04. The number of terminal acetylenes is 1. The molecule has 2 N–H and O–H groups in total. The van der Waals surface area contributed by atoms with E-state index >= 15 is 0 Å². The highest BCUT2D eigenvalue weighted by Gasteiger charge is 2.11. The number of ether oxygens (including phenoxy) is 2. The first-order chi connectivity index (χ1) is 8.79. The molecule has 5 heteroatoms. The summed E-state index contributed by atoms with van der Waals surface area (Å²) in [4.78, 5) is 11.3. The van der Waals surface area contributed by atoms with Crippen LogP contribution in [0.4, 0.5) is 4.79 Å². The molecule has 0 radical (unpaired) electrons. The third kappa shape index (κ3) is 3.08. The van der Waals surface area contributed by atoms with Crippen LogP contribution in [0, 0.1) is 12.3 Å². The van der Waals surface area contributed by atoms with Crippen molar-refractivity contribution in [2.75, 3.05) is 19.8 Å². The quantitative estimate of drug-likeness (QED) is 0.779. The molecule has 0 aliphatic carbocycles. The van der Waals surface area contributed by atoms with Crippen LogP contribution < -0.4 is 20.1 Å². The van der Waals surface area contributed by atoms with E-state index in [0.717, 1.165) is 11.3 Å². The summed E-state index contributed by atoms with van der Waals surface area (Å²) in [7, 11) is 0. The van der Waals surface area contributed by atoms with E-state index in [1.54, 1.807) is 0 Å². The van der Waals surface area contributed by atoms with Crippen LogP contribution in [0.25, 0.3) is 0 Å². The number of amides is 2. The molecule has 1 aliphatic heterocycles. The summed E-state index contributed by atoms with van der Waals surface area (Å²) in [6, 6.07) is 5.29. The van der Waals surface area contributed by atoms with Crippen molar-refractivity contribution in [3.63, 3.8) is 0 Å². The zero-order valence-electron chi connectivity index (χ0n) is 9.86. The third-order valence-electron chi connectivity index (χ3n) is 2.41. The maximum Gasteiger partial charge on any atom is 0.315 e. The van der Waals surface area contributed by atoms with Crippen molar-refractivity contribution in [3.8, 4) is 23.8 Å². The van der Waals surface area contributed by atoms with Gasteiger partial charge in [0.2, 0.25) is 0 Å². The maximum absolute atomic E-state index is 11.3. The summed E-state index contributed by atoms with van der Waals surface area (Å²) >= 11 is 0. The minimum Gasteiger partial charge on any atom is -0.486 e. The van der Waals surface area contributed by atoms with Crippen molar-refractivity contribution in [2.45, 2.75) is 6.54 Å². The van der Waals surface area contributed by atoms with Gasteiger partial charge in [0.25, 0.3) is 0 Å². The van der Waals surface area contributed by atoms with Gasteiger partial charge in [0.1, 0.15) is 13.2 Å². The van der Waals surface area contributed by atoms with Crippen molar-refractivity contribution in [1.29, 1.82) is 0 Å².